The number of hydrogen-bond acceptors (Lipinski definition) is 4. The fourth-order valence-corrected chi connectivity index (χ4v) is 3.59. The third-order valence-electron chi connectivity index (χ3n) is 5.06. The Balaban J connectivity index is 0.00000392. The molecule has 2 amide bonds. The van der Waals surface area contributed by atoms with Crippen LogP contribution >= 0.6 is 24.0 Å². The van der Waals surface area contributed by atoms with E-state index in [1.807, 2.05) is 18.7 Å². The fourth-order valence-electron chi connectivity index (χ4n) is 3.59. The van der Waals surface area contributed by atoms with E-state index < -0.39 is 0 Å². The zero-order valence-corrected chi connectivity index (χ0v) is 19.9. The van der Waals surface area contributed by atoms with Gasteiger partial charge in [-0.15, -0.1) is 24.0 Å². The molecule has 0 atom stereocenters. The third-order valence-corrected chi connectivity index (χ3v) is 5.06. The van der Waals surface area contributed by atoms with Gasteiger partial charge in [-0.2, -0.15) is 0 Å². The Bertz CT molecular complexity index is 513. The van der Waals surface area contributed by atoms with Gasteiger partial charge in [0.1, 0.15) is 0 Å². The van der Waals surface area contributed by atoms with Crippen LogP contribution in [-0.2, 0) is 9.59 Å². The van der Waals surface area contributed by atoms with Crippen LogP contribution in [0.1, 0.15) is 39.5 Å². The molecule has 0 aromatic rings. The van der Waals surface area contributed by atoms with Crippen LogP contribution in [0.4, 0.5) is 0 Å². The Hall–Kier alpha value is -1.10. The summed E-state index contributed by atoms with van der Waals surface area (Å²) in [5.41, 5.74) is 0. The number of hydrogen-bond donors (Lipinski definition) is 2. The molecule has 8 nitrogen and oxygen atoms in total. The molecule has 0 saturated carbocycles. The van der Waals surface area contributed by atoms with Crippen molar-refractivity contribution in [3.05, 3.63) is 0 Å². The summed E-state index contributed by atoms with van der Waals surface area (Å²) in [4.78, 5) is 35.1. The van der Waals surface area contributed by atoms with Crippen molar-refractivity contribution in [2.24, 2.45) is 4.99 Å². The Kier molecular flexibility index (Phi) is 11.7. The minimum atomic E-state index is -0.0344. The summed E-state index contributed by atoms with van der Waals surface area (Å²) >= 11 is 0. The molecule has 28 heavy (non-hydrogen) atoms. The number of nitrogens with one attached hydrogen (secondary N) is 2. The van der Waals surface area contributed by atoms with Gasteiger partial charge in [-0.3, -0.25) is 19.5 Å². The van der Waals surface area contributed by atoms with Gasteiger partial charge in [0, 0.05) is 52.4 Å². The average Bonchev–Trinajstić information content (AvgIpc) is 2.92. The van der Waals surface area contributed by atoms with Gasteiger partial charge in [-0.25, -0.2) is 0 Å². The average molecular weight is 508 g/mol. The molecule has 2 heterocycles. The van der Waals surface area contributed by atoms with Gasteiger partial charge in [-0.1, -0.05) is 12.8 Å². The van der Waals surface area contributed by atoms with Crippen LogP contribution in [0.2, 0.25) is 0 Å². The van der Waals surface area contributed by atoms with E-state index in [1.165, 1.54) is 12.8 Å². The molecule has 0 radical (unpaired) electrons. The topological polar surface area (TPSA) is 80.3 Å². The summed E-state index contributed by atoms with van der Waals surface area (Å²) in [7, 11) is 1.73. The molecule has 2 fully saturated rings. The maximum Gasteiger partial charge on any atom is 0.239 e. The number of aliphatic imine (C=N–C) groups is 1. The lowest BCUT2D eigenvalue weighted by atomic mass is 10.2. The highest BCUT2D eigenvalue weighted by atomic mass is 127. The van der Waals surface area contributed by atoms with E-state index in [0.29, 0.717) is 6.54 Å². The zero-order chi connectivity index (χ0) is 19.6. The largest absolute Gasteiger partial charge is 0.352 e. The van der Waals surface area contributed by atoms with Gasteiger partial charge in [0.05, 0.1) is 13.1 Å². The van der Waals surface area contributed by atoms with Gasteiger partial charge in [0.2, 0.25) is 11.8 Å². The highest BCUT2D eigenvalue weighted by Gasteiger charge is 2.23. The molecule has 2 aliphatic heterocycles. The number of likely N-dealkylation sites (tertiary alicyclic amines) is 1. The van der Waals surface area contributed by atoms with E-state index in [2.05, 4.69) is 25.4 Å². The first-order chi connectivity index (χ1) is 13.0. The number of piperazine rings is 1. The van der Waals surface area contributed by atoms with Crippen LogP contribution in [0.3, 0.4) is 0 Å². The summed E-state index contributed by atoms with van der Waals surface area (Å²) in [6.45, 7) is 9.71. The third kappa shape index (κ3) is 8.50. The minimum absolute atomic E-state index is 0. The highest BCUT2D eigenvalue weighted by Crippen LogP contribution is 2.11. The van der Waals surface area contributed by atoms with Gasteiger partial charge in [0.15, 0.2) is 5.96 Å². The number of amides is 2. The van der Waals surface area contributed by atoms with Crippen molar-refractivity contribution in [3.8, 4) is 0 Å². The van der Waals surface area contributed by atoms with Crippen LogP contribution in [0.5, 0.6) is 0 Å². The number of guanidine groups is 1. The Morgan fingerprint density at radius 3 is 2.07 bits per heavy atom. The number of carbonyl (C=O) groups is 2. The number of halogens is 1. The number of nitrogens with zero attached hydrogens (tertiary/aromatic N) is 4. The Morgan fingerprint density at radius 1 is 0.929 bits per heavy atom. The molecule has 0 aromatic carbocycles. The smallest absolute Gasteiger partial charge is 0.239 e. The van der Waals surface area contributed by atoms with Crippen molar-refractivity contribution in [3.63, 3.8) is 0 Å². The summed E-state index contributed by atoms with van der Waals surface area (Å²) < 4.78 is 0. The second-order valence-corrected chi connectivity index (χ2v) is 7.68. The Morgan fingerprint density at radius 2 is 1.54 bits per heavy atom. The van der Waals surface area contributed by atoms with E-state index in [4.69, 9.17) is 0 Å². The summed E-state index contributed by atoms with van der Waals surface area (Å²) in [5, 5.41) is 5.99. The molecule has 2 rings (SSSR count). The minimum Gasteiger partial charge on any atom is -0.352 e. The van der Waals surface area contributed by atoms with E-state index in [1.54, 1.807) is 7.05 Å². The zero-order valence-electron chi connectivity index (χ0n) is 17.6. The first-order valence-corrected chi connectivity index (χ1v) is 10.2. The fraction of sp³-hybridized carbons (Fsp3) is 0.842. The summed E-state index contributed by atoms with van der Waals surface area (Å²) in [6, 6.07) is 0.131. The molecule has 0 spiro atoms. The van der Waals surface area contributed by atoms with Crippen LogP contribution in [0.25, 0.3) is 0 Å². The van der Waals surface area contributed by atoms with Crippen molar-refractivity contribution in [2.75, 3.05) is 59.4 Å². The SMILES string of the molecule is CN=C(NCC(=O)NC(C)C)N1CCN(CC(=O)N2CCCCCC2)CC1.I. The molecule has 162 valence electrons. The normalized spacial score (nSPS) is 19.1. The maximum absolute atomic E-state index is 12.5. The quantitative estimate of drug-likeness (QED) is 0.325. The predicted molar refractivity (Wildman–Crippen MR) is 123 cm³/mol. The second-order valence-electron chi connectivity index (χ2n) is 7.68. The molecular weight excluding hydrogens is 471 g/mol. The Labute approximate surface area is 186 Å². The first-order valence-electron chi connectivity index (χ1n) is 10.2. The van der Waals surface area contributed by atoms with Crippen LogP contribution in [0, 0.1) is 0 Å². The van der Waals surface area contributed by atoms with E-state index in [9.17, 15) is 9.59 Å². The molecular formula is C19H37IN6O2. The molecule has 2 aliphatic rings. The van der Waals surface area contributed by atoms with Crippen molar-refractivity contribution in [2.45, 2.75) is 45.6 Å². The van der Waals surface area contributed by atoms with Crippen LogP contribution in [-0.4, -0.2) is 97.9 Å². The maximum atomic E-state index is 12.5. The van der Waals surface area contributed by atoms with E-state index in [0.717, 1.165) is 58.1 Å². The van der Waals surface area contributed by atoms with Crippen molar-refractivity contribution in [1.29, 1.82) is 0 Å². The van der Waals surface area contributed by atoms with Gasteiger partial charge in [-0.05, 0) is 26.7 Å². The van der Waals surface area contributed by atoms with Crippen LogP contribution in [0.15, 0.2) is 4.99 Å². The molecule has 0 bridgehead atoms. The predicted octanol–water partition coefficient (Wildman–Crippen LogP) is 0.725. The molecule has 2 N–H and O–H groups in total. The lowest BCUT2D eigenvalue weighted by molar-refractivity contribution is -0.132. The standard InChI is InChI=1S/C19H36N6O2.HI/c1-16(2)22-17(26)14-21-19(20-3)25-12-10-23(11-13-25)15-18(27)24-8-6-4-5-7-9-24;/h16H,4-15H2,1-3H3,(H,20,21)(H,22,26);1H. The lowest BCUT2D eigenvalue weighted by Gasteiger charge is -2.36. The second kappa shape index (κ2) is 13.2. The molecule has 9 heteroatoms. The van der Waals surface area contributed by atoms with Gasteiger partial charge in [0.25, 0.3) is 0 Å². The first kappa shape index (κ1) is 24.9. The molecule has 2 saturated heterocycles. The number of rotatable bonds is 5. The number of carbonyl (C=O) groups excluding carboxylic acids is 2. The van der Waals surface area contributed by atoms with Gasteiger partial charge < -0.3 is 20.4 Å². The molecule has 0 unspecified atom stereocenters. The van der Waals surface area contributed by atoms with Crippen molar-refractivity contribution in [1.82, 2.24) is 25.3 Å². The molecule has 0 aliphatic carbocycles. The molecule has 0 aromatic heterocycles. The van der Waals surface area contributed by atoms with Crippen molar-refractivity contribution >= 4 is 41.8 Å². The highest BCUT2D eigenvalue weighted by molar-refractivity contribution is 14.0. The monoisotopic (exact) mass is 508 g/mol. The van der Waals surface area contributed by atoms with E-state index >= 15 is 0 Å². The van der Waals surface area contributed by atoms with Crippen LogP contribution < -0.4 is 10.6 Å². The lowest BCUT2D eigenvalue weighted by Crippen LogP contribution is -2.55. The van der Waals surface area contributed by atoms with Crippen molar-refractivity contribution < 1.29 is 9.59 Å². The summed E-state index contributed by atoms with van der Waals surface area (Å²) in [6.07, 6.45) is 4.74. The summed E-state index contributed by atoms with van der Waals surface area (Å²) in [5.74, 6) is 0.971. The van der Waals surface area contributed by atoms with E-state index in [-0.39, 0.29) is 48.4 Å². The van der Waals surface area contributed by atoms with Gasteiger partial charge >= 0.3 is 0 Å².